The summed E-state index contributed by atoms with van der Waals surface area (Å²) in [5.74, 6) is 0. The van der Waals surface area contributed by atoms with E-state index in [0.717, 1.165) is 13.0 Å². The van der Waals surface area contributed by atoms with E-state index < -0.39 is 0 Å². The standard InChI is InChI=1S/C13H24N4/c1-9-10(8-15-16(9)5)12-11(14)6-7-17(12)13(2,3)4/h8,11-12H,6-7,14H2,1-5H3. The number of nitrogens with zero attached hydrogens (tertiary/aromatic N) is 3. The van der Waals surface area contributed by atoms with Gasteiger partial charge >= 0.3 is 0 Å². The molecule has 0 bridgehead atoms. The summed E-state index contributed by atoms with van der Waals surface area (Å²) in [6.45, 7) is 9.95. The second-order valence-corrected chi connectivity index (χ2v) is 6.07. The fraction of sp³-hybridized carbons (Fsp3) is 0.769. The SMILES string of the molecule is Cc1c(C2C(N)CCN2C(C)(C)C)cnn1C. The van der Waals surface area contributed by atoms with Crippen LogP contribution in [0.2, 0.25) is 0 Å². The van der Waals surface area contributed by atoms with Crippen molar-refractivity contribution < 1.29 is 0 Å². The Balaban J connectivity index is 2.38. The highest BCUT2D eigenvalue weighted by molar-refractivity contribution is 5.24. The fourth-order valence-electron chi connectivity index (χ4n) is 2.77. The highest BCUT2D eigenvalue weighted by atomic mass is 15.3. The molecule has 4 nitrogen and oxygen atoms in total. The number of hydrogen-bond acceptors (Lipinski definition) is 3. The summed E-state index contributed by atoms with van der Waals surface area (Å²) in [5, 5.41) is 4.35. The lowest BCUT2D eigenvalue weighted by molar-refractivity contribution is 0.116. The summed E-state index contributed by atoms with van der Waals surface area (Å²) in [5.41, 5.74) is 8.96. The molecular formula is C13H24N4. The number of hydrogen-bond donors (Lipinski definition) is 1. The van der Waals surface area contributed by atoms with Gasteiger partial charge in [0, 0.05) is 36.4 Å². The second kappa shape index (κ2) is 4.10. The largest absolute Gasteiger partial charge is 0.326 e. The van der Waals surface area contributed by atoms with Gasteiger partial charge in [0.05, 0.1) is 12.2 Å². The molecule has 1 aliphatic heterocycles. The van der Waals surface area contributed by atoms with Gasteiger partial charge in [0.15, 0.2) is 0 Å². The quantitative estimate of drug-likeness (QED) is 0.805. The molecular weight excluding hydrogens is 212 g/mol. The summed E-state index contributed by atoms with van der Waals surface area (Å²) in [6, 6.07) is 0.529. The summed E-state index contributed by atoms with van der Waals surface area (Å²) in [6.07, 6.45) is 3.04. The van der Waals surface area contributed by atoms with Crippen molar-refractivity contribution in [1.82, 2.24) is 14.7 Å². The van der Waals surface area contributed by atoms with Gasteiger partial charge in [-0.1, -0.05) is 0 Å². The van der Waals surface area contributed by atoms with Crippen LogP contribution in [0.1, 0.15) is 44.5 Å². The minimum atomic E-state index is 0.154. The minimum absolute atomic E-state index is 0.154. The number of aryl methyl sites for hydroxylation is 1. The minimum Gasteiger partial charge on any atom is -0.326 e. The molecule has 2 heterocycles. The van der Waals surface area contributed by atoms with Crippen LogP contribution in [-0.4, -0.2) is 32.8 Å². The third-order valence-electron chi connectivity index (χ3n) is 3.90. The van der Waals surface area contributed by atoms with E-state index in [2.05, 4.69) is 37.7 Å². The number of nitrogens with two attached hydrogens (primary N) is 1. The Labute approximate surface area is 104 Å². The average Bonchev–Trinajstić information content (AvgIpc) is 2.72. The predicted octanol–water partition coefficient (Wildman–Crippen LogP) is 1.60. The maximum absolute atomic E-state index is 6.30. The van der Waals surface area contributed by atoms with Gasteiger partial charge in [0.1, 0.15) is 0 Å². The summed E-state index contributed by atoms with van der Waals surface area (Å²) in [4.78, 5) is 2.50. The van der Waals surface area contributed by atoms with Gasteiger partial charge in [-0.3, -0.25) is 9.58 Å². The van der Waals surface area contributed by atoms with Crippen molar-refractivity contribution in [2.75, 3.05) is 6.54 Å². The molecule has 1 aromatic heterocycles. The van der Waals surface area contributed by atoms with E-state index in [4.69, 9.17) is 5.73 Å². The zero-order valence-corrected chi connectivity index (χ0v) is 11.6. The van der Waals surface area contributed by atoms with Gasteiger partial charge in [-0.2, -0.15) is 5.10 Å². The molecule has 0 aliphatic carbocycles. The van der Waals surface area contributed by atoms with Gasteiger partial charge in [-0.05, 0) is 34.1 Å². The molecule has 2 N–H and O–H groups in total. The monoisotopic (exact) mass is 236 g/mol. The van der Waals surface area contributed by atoms with E-state index in [1.165, 1.54) is 11.3 Å². The topological polar surface area (TPSA) is 47.1 Å². The molecule has 96 valence electrons. The Morgan fingerprint density at radius 2 is 2.06 bits per heavy atom. The van der Waals surface area contributed by atoms with Crippen LogP contribution in [0.15, 0.2) is 6.20 Å². The van der Waals surface area contributed by atoms with Crippen LogP contribution in [0, 0.1) is 6.92 Å². The van der Waals surface area contributed by atoms with Gasteiger partial charge in [0.2, 0.25) is 0 Å². The first kappa shape index (κ1) is 12.6. The van der Waals surface area contributed by atoms with Crippen LogP contribution in [0.3, 0.4) is 0 Å². The Morgan fingerprint density at radius 3 is 2.53 bits per heavy atom. The molecule has 0 spiro atoms. The van der Waals surface area contributed by atoms with Crippen molar-refractivity contribution in [3.05, 3.63) is 17.5 Å². The first-order valence-corrected chi connectivity index (χ1v) is 6.33. The Hall–Kier alpha value is -0.870. The number of aromatic nitrogens is 2. The highest BCUT2D eigenvalue weighted by Crippen LogP contribution is 2.37. The Morgan fingerprint density at radius 1 is 1.41 bits per heavy atom. The lowest BCUT2D eigenvalue weighted by Gasteiger charge is -2.38. The zero-order chi connectivity index (χ0) is 12.8. The van der Waals surface area contributed by atoms with Crippen molar-refractivity contribution in [1.29, 1.82) is 0 Å². The van der Waals surface area contributed by atoms with Gasteiger partial charge < -0.3 is 5.73 Å². The first-order valence-electron chi connectivity index (χ1n) is 6.33. The van der Waals surface area contributed by atoms with Gasteiger partial charge in [-0.15, -0.1) is 0 Å². The van der Waals surface area contributed by atoms with Crippen LogP contribution in [0.5, 0.6) is 0 Å². The maximum atomic E-state index is 6.30. The second-order valence-electron chi connectivity index (χ2n) is 6.07. The molecule has 1 aliphatic rings. The van der Waals surface area contributed by atoms with Crippen molar-refractivity contribution in [3.63, 3.8) is 0 Å². The summed E-state index contributed by atoms with van der Waals surface area (Å²) < 4.78 is 1.93. The molecule has 0 saturated carbocycles. The number of likely N-dealkylation sites (tertiary alicyclic amines) is 1. The van der Waals surface area contributed by atoms with Crippen molar-refractivity contribution >= 4 is 0 Å². The third kappa shape index (κ3) is 2.11. The van der Waals surface area contributed by atoms with Crippen molar-refractivity contribution in [2.24, 2.45) is 12.8 Å². The third-order valence-corrected chi connectivity index (χ3v) is 3.90. The molecule has 2 unspecified atom stereocenters. The molecule has 1 fully saturated rings. The molecule has 2 rings (SSSR count). The van der Waals surface area contributed by atoms with Gasteiger partial charge in [-0.25, -0.2) is 0 Å². The van der Waals surface area contributed by atoms with Crippen LogP contribution in [0.4, 0.5) is 0 Å². The Kier molecular flexibility index (Phi) is 3.04. The molecule has 17 heavy (non-hydrogen) atoms. The lowest BCUT2D eigenvalue weighted by Crippen LogP contribution is -2.43. The van der Waals surface area contributed by atoms with Crippen LogP contribution in [-0.2, 0) is 7.05 Å². The molecule has 0 amide bonds. The van der Waals surface area contributed by atoms with E-state index in [1.54, 1.807) is 0 Å². The van der Waals surface area contributed by atoms with Crippen LogP contribution < -0.4 is 5.73 Å². The first-order chi connectivity index (χ1) is 7.82. The summed E-state index contributed by atoms with van der Waals surface area (Å²) >= 11 is 0. The molecule has 2 atom stereocenters. The van der Waals surface area contributed by atoms with E-state index >= 15 is 0 Å². The zero-order valence-electron chi connectivity index (χ0n) is 11.6. The number of rotatable bonds is 1. The lowest BCUT2D eigenvalue weighted by atomic mass is 9.97. The summed E-state index contributed by atoms with van der Waals surface area (Å²) in [7, 11) is 1.99. The van der Waals surface area contributed by atoms with Crippen LogP contribution in [0.25, 0.3) is 0 Å². The smallest absolute Gasteiger partial charge is 0.0541 e. The van der Waals surface area contributed by atoms with Crippen molar-refractivity contribution in [3.8, 4) is 0 Å². The van der Waals surface area contributed by atoms with E-state index in [-0.39, 0.29) is 11.6 Å². The maximum Gasteiger partial charge on any atom is 0.0541 e. The Bertz CT molecular complexity index is 402. The molecule has 0 aromatic carbocycles. The molecule has 1 aromatic rings. The van der Waals surface area contributed by atoms with Gasteiger partial charge in [0.25, 0.3) is 0 Å². The van der Waals surface area contributed by atoms with E-state index in [1.807, 2.05) is 17.9 Å². The fourth-order valence-corrected chi connectivity index (χ4v) is 2.77. The highest BCUT2D eigenvalue weighted by Gasteiger charge is 2.40. The normalized spacial score (nSPS) is 26.7. The average molecular weight is 236 g/mol. The van der Waals surface area contributed by atoms with E-state index in [9.17, 15) is 0 Å². The molecule has 1 saturated heterocycles. The molecule has 0 radical (unpaired) electrons. The van der Waals surface area contributed by atoms with Crippen LogP contribution >= 0.6 is 0 Å². The molecule has 4 heteroatoms. The van der Waals surface area contributed by atoms with E-state index in [0.29, 0.717) is 6.04 Å². The predicted molar refractivity (Wildman–Crippen MR) is 69.7 cm³/mol. The van der Waals surface area contributed by atoms with Crippen molar-refractivity contribution in [2.45, 2.75) is 51.7 Å².